The molecule has 0 saturated carbocycles. The van der Waals surface area contributed by atoms with Gasteiger partial charge in [-0.3, -0.25) is 30.1 Å². The summed E-state index contributed by atoms with van der Waals surface area (Å²) in [6.07, 6.45) is 2.06. The Bertz CT molecular complexity index is 576. The maximum absolute atomic E-state index is 12.1. The molecule has 1 aromatic carbocycles. The number of halogens is 1. The molecule has 1 aliphatic rings. The Morgan fingerprint density at radius 3 is 2.75 bits per heavy atom. The van der Waals surface area contributed by atoms with E-state index < -0.39 is 10.8 Å². The Balaban J connectivity index is 2.16. The van der Waals surface area contributed by atoms with Gasteiger partial charge in [-0.1, -0.05) is 0 Å². The van der Waals surface area contributed by atoms with E-state index in [-0.39, 0.29) is 17.2 Å². The molecule has 106 valence electrons. The molecule has 0 bridgehead atoms. The predicted octanol–water partition coefficient (Wildman–Crippen LogP) is 1.86. The fraction of sp³-hybridized carbons (Fsp3) is 0.333. The van der Waals surface area contributed by atoms with E-state index >= 15 is 0 Å². The third-order valence-corrected chi connectivity index (χ3v) is 3.54. The molecule has 2 rings (SSSR count). The number of nitrogens with zero attached hydrogens (tertiary/aromatic N) is 2. The van der Waals surface area contributed by atoms with Crippen LogP contribution in [-0.2, 0) is 4.79 Å². The molecule has 0 radical (unpaired) electrons. The third kappa shape index (κ3) is 3.44. The number of nitro benzene ring substituents is 1. The lowest BCUT2D eigenvalue weighted by atomic mass is 10.1. The van der Waals surface area contributed by atoms with Crippen LogP contribution >= 0.6 is 22.6 Å². The van der Waals surface area contributed by atoms with Gasteiger partial charge in [0.2, 0.25) is 5.91 Å². The highest BCUT2D eigenvalue weighted by Crippen LogP contribution is 2.19. The molecule has 1 aliphatic heterocycles. The fourth-order valence-electron chi connectivity index (χ4n) is 1.92. The SMILES string of the molecule is O=C(NN1CCCCC1=O)c1cc(I)cc([N+](=O)[O-])c1. The van der Waals surface area contributed by atoms with Gasteiger partial charge >= 0.3 is 0 Å². The number of hydrogen-bond acceptors (Lipinski definition) is 4. The number of nitro groups is 1. The van der Waals surface area contributed by atoms with Crippen LogP contribution in [0, 0.1) is 13.7 Å². The van der Waals surface area contributed by atoms with Crippen LogP contribution in [0.2, 0.25) is 0 Å². The van der Waals surface area contributed by atoms with E-state index in [1.54, 1.807) is 0 Å². The van der Waals surface area contributed by atoms with E-state index in [0.717, 1.165) is 12.8 Å². The van der Waals surface area contributed by atoms with Gasteiger partial charge in [-0.05, 0) is 41.5 Å². The van der Waals surface area contributed by atoms with Crippen molar-refractivity contribution in [2.24, 2.45) is 0 Å². The molecule has 2 amide bonds. The second kappa shape index (κ2) is 6.16. The van der Waals surface area contributed by atoms with Crippen LogP contribution in [0.3, 0.4) is 0 Å². The van der Waals surface area contributed by atoms with Crippen LogP contribution in [-0.4, -0.2) is 28.3 Å². The summed E-state index contributed by atoms with van der Waals surface area (Å²) in [5, 5.41) is 12.1. The molecule has 1 saturated heterocycles. The van der Waals surface area contributed by atoms with Crippen molar-refractivity contribution in [3.05, 3.63) is 37.4 Å². The van der Waals surface area contributed by atoms with Crippen molar-refractivity contribution in [2.75, 3.05) is 6.54 Å². The minimum atomic E-state index is -0.551. The fourth-order valence-corrected chi connectivity index (χ4v) is 2.58. The van der Waals surface area contributed by atoms with Crippen molar-refractivity contribution >= 4 is 40.1 Å². The number of amides is 2. The average Bonchev–Trinajstić information content (AvgIpc) is 2.40. The molecule has 0 spiro atoms. The molecule has 1 fully saturated rings. The van der Waals surface area contributed by atoms with Gasteiger partial charge in [0.15, 0.2) is 0 Å². The lowest BCUT2D eigenvalue weighted by Crippen LogP contribution is -2.48. The van der Waals surface area contributed by atoms with Gasteiger partial charge in [0.05, 0.1) is 4.92 Å². The second-order valence-electron chi connectivity index (χ2n) is 4.40. The van der Waals surface area contributed by atoms with Gasteiger partial charge in [-0.15, -0.1) is 0 Å². The van der Waals surface area contributed by atoms with Crippen LogP contribution < -0.4 is 5.43 Å². The Morgan fingerprint density at radius 1 is 1.35 bits per heavy atom. The van der Waals surface area contributed by atoms with Crippen LogP contribution in [0.5, 0.6) is 0 Å². The molecule has 0 aromatic heterocycles. The van der Waals surface area contributed by atoms with Gasteiger partial charge in [-0.2, -0.15) is 0 Å². The summed E-state index contributed by atoms with van der Waals surface area (Å²) in [5.41, 5.74) is 2.52. The summed E-state index contributed by atoms with van der Waals surface area (Å²) in [7, 11) is 0. The van der Waals surface area contributed by atoms with Crippen molar-refractivity contribution in [1.29, 1.82) is 0 Å². The van der Waals surface area contributed by atoms with Gasteiger partial charge < -0.3 is 0 Å². The number of piperidine rings is 1. The Labute approximate surface area is 128 Å². The van der Waals surface area contributed by atoms with Crippen LogP contribution in [0.25, 0.3) is 0 Å². The van der Waals surface area contributed by atoms with Gasteiger partial charge in [0.25, 0.3) is 11.6 Å². The van der Waals surface area contributed by atoms with Crippen molar-refractivity contribution in [1.82, 2.24) is 10.4 Å². The van der Waals surface area contributed by atoms with Crippen molar-refractivity contribution in [2.45, 2.75) is 19.3 Å². The van der Waals surface area contributed by atoms with Crippen molar-refractivity contribution < 1.29 is 14.5 Å². The first-order valence-corrected chi connectivity index (χ1v) is 7.11. The van der Waals surface area contributed by atoms with Crippen molar-refractivity contribution in [3.63, 3.8) is 0 Å². The highest BCUT2D eigenvalue weighted by molar-refractivity contribution is 14.1. The van der Waals surface area contributed by atoms with E-state index in [1.807, 2.05) is 22.6 Å². The summed E-state index contributed by atoms with van der Waals surface area (Å²) in [4.78, 5) is 33.9. The first-order chi connectivity index (χ1) is 9.47. The molecule has 1 heterocycles. The number of carbonyl (C=O) groups is 2. The summed E-state index contributed by atoms with van der Waals surface area (Å²) in [5.74, 6) is -0.647. The Morgan fingerprint density at radius 2 is 2.10 bits per heavy atom. The second-order valence-corrected chi connectivity index (χ2v) is 5.64. The predicted molar refractivity (Wildman–Crippen MR) is 78.8 cm³/mol. The van der Waals surface area contributed by atoms with Crippen LogP contribution in [0.1, 0.15) is 29.6 Å². The quantitative estimate of drug-likeness (QED) is 0.485. The molecule has 0 aliphatic carbocycles. The zero-order valence-electron chi connectivity index (χ0n) is 10.5. The number of hydrazine groups is 1. The molecular formula is C12H12IN3O4. The summed E-state index contributed by atoms with van der Waals surface area (Å²) in [6.45, 7) is 0.469. The number of nitrogens with one attached hydrogen (secondary N) is 1. The first kappa shape index (κ1) is 14.7. The molecule has 1 N–H and O–H groups in total. The van der Waals surface area contributed by atoms with Gasteiger partial charge in [0.1, 0.15) is 0 Å². The zero-order chi connectivity index (χ0) is 14.7. The van der Waals surface area contributed by atoms with Gasteiger partial charge in [0, 0.05) is 34.2 Å². The van der Waals surface area contributed by atoms with E-state index in [4.69, 9.17) is 0 Å². The maximum Gasteiger partial charge on any atom is 0.271 e. The minimum absolute atomic E-state index is 0.135. The molecule has 20 heavy (non-hydrogen) atoms. The monoisotopic (exact) mass is 389 g/mol. The molecular weight excluding hydrogens is 377 g/mol. The van der Waals surface area contributed by atoms with E-state index in [1.165, 1.54) is 23.2 Å². The normalized spacial score (nSPS) is 15.1. The van der Waals surface area contributed by atoms with E-state index in [2.05, 4.69) is 5.43 Å². The van der Waals surface area contributed by atoms with Crippen LogP contribution in [0.15, 0.2) is 18.2 Å². The molecule has 8 heteroatoms. The summed E-state index contributed by atoms with van der Waals surface area (Å²) >= 11 is 1.91. The average molecular weight is 389 g/mol. The highest BCUT2D eigenvalue weighted by atomic mass is 127. The number of carbonyl (C=O) groups excluding carboxylic acids is 2. The number of non-ortho nitro benzene ring substituents is 1. The number of hydrogen-bond donors (Lipinski definition) is 1. The zero-order valence-corrected chi connectivity index (χ0v) is 12.6. The topological polar surface area (TPSA) is 92.6 Å². The first-order valence-electron chi connectivity index (χ1n) is 6.04. The summed E-state index contributed by atoms with van der Waals surface area (Å²) < 4.78 is 0.590. The lowest BCUT2D eigenvalue weighted by Gasteiger charge is -2.26. The Kier molecular flexibility index (Phi) is 4.53. The largest absolute Gasteiger partial charge is 0.273 e. The van der Waals surface area contributed by atoms with E-state index in [9.17, 15) is 19.7 Å². The standard InChI is InChI=1S/C12H12IN3O4/c13-9-5-8(6-10(7-9)16(19)20)12(18)14-15-4-2-1-3-11(15)17/h5-7H,1-4H2,(H,14,18). The molecule has 1 aromatic rings. The lowest BCUT2D eigenvalue weighted by molar-refractivity contribution is -0.385. The van der Waals surface area contributed by atoms with Crippen LogP contribution in [0.4, 0.5) is 5.69 Å². The molecule has 0 atom stereocenters. The Hall–Kier alpha value is -1.71. The van der Waals surface area contributed by atoms with E-state index in [0.29, 0.717) is 16.5 Å². The minimum Gasteiger partial charge on any atom is -0.273 e. The van der Waals surface area contributed by atoms with Crippen molar-refractivity contribution in [3.8, 4) is 0 Å². The maximum atomic E-state index is 12.1. The number of rotatable bonds is 3. The number of benzene rings is 1. The van der Waals surface area contributed by atoms with Gasteiger partial charge in [-0.25, -0.2) is 0 Å². The molecule has 7 nitrogen and oxygen atoms in total. The highest BCUT2D eigenvalue weighted by Gasteiger charge is 2.21. The smallest absolute Gasteiger partial charge is 0.271 e. The molecule has 0 unspecified atom stereocenters. The summed E-state index contributed by atoms with van der Waals surface area (Å²) in [6, 6.07) is 4.12. The third-order valence-electron chi connectivity index (χ3n) is 2.92.